The largest absolute Gasteiger partial charge is 0.357 e. The second kappa shape index (κ2) is 6.72. The Hall–Kier alpha value is -2.10. The number of rotatable bonds is 2. The van der Waals surface area contributed by atoms with Crippen molar-refractivity contribution >= 4 is 10.9 Å². The normalized spacial score (nSPS) is 32.0. The highest BCUT2D eigenvalue weighted by atomic mass is 15.2. The molecule has 4 atom stereocenters. The van der Waals surface area contributed by atoms with Crippen molar-refractivity contribution in [3.8, 4) is 0 Å². The summed E-state index contributed by atoms with van der Waals surface area (Å²) in [7, 11) is 4.52. The molecule has 1 aromatic heterocycles. The van der Waals surface area contributed by atoms with Crippen LogP contribution in [0.3, 0.4) is 0 Å². The SMILES string of the molecule is CC1CC(c2ccccc2)(N(C)C)C(C)CC12NCCc1c2[nH]c2ccccc12. The number of nitrogens with zero attached hydrogens (tertiary/aromatic N) is 1. The van der Waals surface area contributed by atoms with Crippen LogP contribution in [0.1, 0.15) is 43.5 Å². The predicted molar refractivity (Wildman–Crippen MR) is 121 cm³/mol. The highest BCUT2D eigenvalue weighted by Gasteiger charge is 2.55. The van der Waals surface area contributed by atoms with Crippen LogP contribution in [0, 0.1) is 11.8 Å². The minimum Gasteiger partial charge on any atom is -0.357 e. The Morgan fingerprint density at radius 2 is 1.62 bits per heavy atom. The number of nitrogens with one attached hydrogen (secondary N) is 2. The van der Waals surface area contributed by atoms with Gasteiger partial charge in [0, 0.05) is 28.7 Å². The lowest BCUT2D eigenvalue weighted by Crippen LogP contribution is -2.62. The maximum Gasteiger partial charge on any atom is 0.0619 e. The van der Waals surface area contributed by atoms with Crippen molar-refractivity contribution in [3.63, 3.8) is 0 Å². The van der Waals surface area contributed by atoms with Crippen LogP contribution in [0.4, 0.5) is 0 Å². The van der Waals surface area contributed by atoms with Crippen LogP contribution < -0.4 is 5.32 Å². The molecule has 0 saturated heterocycles. The molecule has 152 valence electrons. The quantitative estimate of drug-likeness (QED) is 0.646. The van der Waals surface area contributed by atoms with Gasteiger partial charge in [-0.1, -0.05) is 62.4 Å². The Bertz CT molecular complexity index is 1020. The molecule has 2 aliphatic rings. The summed E-state index contributed by atoms with van der Waals surface area (Å²) in [4.78, 5) is 6.33. The second-order valence-corrected chi connectivity index (χ2v) is 9.57. The summed E-state index contributed by atoms with van der Waals surface area (Å²) in [5.74, 6) is 1.05. The van der Waals surface area contributed by atoms with E-state index in [2.05, 4.69) is 97.7 Å². The standard InChI is InChI=1S/C26H33N3/c1-18-17-26(29(3)4,20-10-6-5-7-11-20)19(2)16-25(18)24-22(14-15-27-25)21-12-8-9-13-23(21)28-24/h5-13,18-19,27-28H,14-17H2,1-4H3. The molecule has 0 bridgehead atoms. The fourth-order valence-electron chi connectivity index (χ4n) is 6.64. The Morgan fingerprint density at radius 3 is 2.38 bits per heavy atom. The summed E-state index contributed by atoms with van der Waals surface area (Å²) in [6.07, 6.45) is 3.40. The number of hydrogen-bond donors (Lipinski definition) is 2. The minimum atomic E-state index is 0.0281. The first-order valence-corrected chi connectivity index (χ1v) is 11.1. The summed E-state index contributed by atoms with van der Waals surface area (Å²) in [5, 5.41) is 5.42. The molecule has 0 radical (unpaired) electrons. The molecular weight excluding hydrogens is 354 g/mol. The Morgan fingerprint density at radius 1 is 0.897 bits per heavy atom. The van der Waals surface area contributed by atoms with Gasteiger partial charge in [-0.25, -0.2) is 0 Å². The van der Waals surface area contributed by atoms with Gasteiger partial charge in [-0.15, -0.1) is 0 Å². The number of aromatic amines is 1. The van der Waals surface area contributed by atoms with Crippen molar-refractivity contribution in [3.05, 3.63) is 71.4 Å². The average molecular weight is 388 g/mol. The summed E-state index contributed by atoms with van der Waals surface area (Å²) in [5.41, 5.74) is 5.82. The fourth-order valence-corrected chi connectivity index (χ4v) is 6.64. The van der Waals surface area contributed by atoms with E-state index in [9.17, 15) is 0 Å². The molecule has 2 aromatic carbocycles. The van der Waals surface area contributed by atoms with Crippen molar-refractivity contribution in [1.82, 2.24) is 15.2 Å². The van der Waals surface area contributed by atoms with Crippen molar-refractivity contribution in [2.75, 3.05) is 20.6 Å². The van der Waals surface area contributed by atoms with E-state index in [1.807, 2.05) is 0 Å². The van der Waals surface area contributed by atoms with Gasteiger partial charge in [-0.05, 0) is 62.4 Å². The third-order valence-corrected chi connectivity index (χ3v) is 8.05. The van der Waals surface area contributed by atoms with Gasteiger partial charge in [-0.3, -0.25) is 4.90 Å². The van der Waals surface area contributed by atoms with E-state index in [1.165, 1.54) is 27.7 Å². The topological polar surface area (TPSA) is 31.1 Å². The lowest BCUT2D eigenvalue weighted by atomic mass is 9.57. The van der Waals surface area contributed by atoms with Gasteiger partial charge >= 0.3 is 0 Å². The first-order valence-electron chi connectivity index (χ1n) is 11.1. The van der Waals surface area contributed by atoms with Crippen LogP contribution >= 0.6 is 0 Å². The van der Waals surface area contributed by atoms with Gasteiger partial charge in [0.15, 0.2) is 0 Å². The minimum absolute atomic E-state index is 0.0281. The molecule has 2 N–H and O–H groups in total. The molecule has 5 rings (SSSR count). The third-order valence-electron chi connectivity index (χ3n) is 8.05. The van der Waals surface area contributed by atoms with Gasteiger partial charge in [0.2, 0.25) is 0 Å². The average Bonchev–Trinajstić information content (AvgIpc) is 3.11. The highest BCUT2D eigenvalue weighted by Crippen LogP contribution is 2.55. The molecule has 3 nitrogen and oxygen atoms in total. The molecular formula is C26H33N3. The number of H-pyrrole nitrogens is 1. The van der Waals surface area contributed by atoms with E-state index < -0.39 is 0 Å². The fraction of sp³-hybridized carbons (Fsp3) is 0.462. The van der Waals surface area contributed by atoms with Crippen molar-refractivity contribution in [1.29, 1.82) is 0 Å². The molecule has 0 amide bonds. The molecule has 1 fully saturated rings. The molecule has 2 heterocycles. The van der Waals surface area contributed by atoms with Gasteiger partial charge in [0.1, 0.15) is 0 Å². The summed E-state index contributed by atoms with van der Waals surface area (Å²) < 4.78 is 0. The van der Waals surface area contributed by atoms with E-state index in [1.54, 1.807) is 0 Å². The maximum atomic E-state index is 4.01. The van der Waals surface area contributed by atoms with Crippen LogP contribution in [-0.2, 0) is 17.5 Å². The smallest absolute Gasteiger partial charge is 0.0619 e. The van der Waals surface area contributed by atoms with Crippen LogP contribution in [0.15, 0.2) is 54.6 Å². The van der Waals surface area contributed by atoms with Gasteiger partial charge in [0.05, 0.1) is 5.54 Å². The Balaban J connectivity index is 1.63. The number of benzene rings is 2. The summed E-state index contributed by atoms with van der Waals surface area (Å²) >= 11 is 0. The highest BCUT2D eigenvalue weighted by molar-refractivity contribution is 5.85. The zero-order chi connectivity index (χ0) is 20.2. The number of aromatic nitrogens is 1. The Kier molecular flexibility index (Phi) is 4.38. The van der Waals surface area contributed by atoms with Gasteiger partial charge in [-0.2, -0.15) is 0 Å². The summed E-state index contributed by atoms with van der Waals surface area (Å²) in [6.45, 7) is 5.98. The maximum absolute atomic E-state index is 4.01. The van der Waals surface area contributed by atoms with E-state index >= 15 is 0 Å². The molecule has 3 heteroatoms. The molecule has 1 aliphatic carbocycles. The van der Waals surface area contributed by atoms with E-state index in [4.69, 9.17) is 0 Å². The first-order chi connectivity index (χ1) is 14.0. The van der Waals surface area contributed by atoms with E-state index in [-0.39, 0.29) is 11.1 Å². The molecule has 1 aliphatic heterocycles. The lowest BCUT2D eigenvalue weighted by Gasteiger charge is -2.58. The van der Waals surface area contributed by atoms with Crippen LogP contribution in [-0.4, -0.2) is 30.5 Å². The van der Waals surface area contributed by atoms with Crippen molar-refractivity contribution in [2.24, 2.45) is 11.8 Å². The zero-order valence-electron chi connectivity index (χ0n) is 18.1. The van der Waals surface area contributed by atoms with Crippen LogP contribution in [0.2, 0.25) is 0 Å². The van der Waals surface area contributed by atoms with Crippen LogP contribution in [0.5, 0.6) is 0 Å². The number of para-hydroxylation sites is 1. The molecule has 1 saturated carbocycles. The zero-order valence-corrected chi connectivity index (χ0v) is 18.1. The van der Waals surface area contributed by atoms with Gasteiger partial charge in [0.25, 0.3) is 0 Å². The monoisotopic (exact) mass is 387 g/mol. The first kappa shape index (κ1) is 18.9. The summed E-state index contributed by atoms with van der Waals surface area (Å²) in [6, 6.07) is 20.0. The van der Waals surface area contributed by atoms with Crippen molar-refractivity contribution in [2.45, 2.75) is 44.2 Å². The number of hydrogen-bond acceptors (Lipinski definition) is 2. The van der Waals surface area contributed by atoms with Gasteiger partial charge < -0.3 is 10.3 Å². The predicted octanol–water partition coefficient (Wildman–Crippen LogP) is 5.03. The second-order valence-electron chi connectivity index (χ2n) is 9.57. The van der Waals surface area contributed by atoms with Crippen molar-refractivity contribution < 1.29 is 0 Å². The Labute approximate surface area is 174 Å². The molecule has 3 aromatic rings. The van der Waals surface area contributed by atoms with Crippen LogP contribution in [0.25, 0.3) is 10.9 Å². The lowest BCUT2D eigenvalue weighted by molar-refractivity contribution is -0.0359. The van der Waals surface area contributed by atoms with E-state index in [0.717, 1.165) is 25.8 Å². The van der Waals surface area contributed by atoms with E-state index in [0.29, 0.717) is 11.8 Å². The molecule has 29 heavy (non-hydrogen) atoms. The number of fused-ring (bicyclic) bond motifs is 4. The molecule has 4 unspecified atom stereocenters. The third kappa shape index (κ3) is 2.57. The molecule has 1 spiro atoms.